The van der Waals surface area contributed by atoms with Crippen LogP contribution >= 0.6 is 11.3 Å². The zero-order chi connectivity index (χ0) is 18.2. The summed E-state index contributed by atoms with van der Waals surface area (Å²) in [7, 11) is 0. The number of aromatic nitrogens is 1. The van der Waals surface area contributed by atoms with E-state index in [1.54, 1.807) is 0 Å². The van der Waals surface area contributed by atoms with Gasteiger partial charge in [-0.2, -0.15) is 13.2 Å². The molecule has 1 aromatic heterocycles. The zero-order valence-electron chi connectivity index (χ0n) is 12.5. The molecule has 0 saturated heterocycles. The van der Waals surface area contributed by atoms with E-state index in [4.69, 9.17) is 5.73 Å². The minimum atomic E-state index is -4.52. The Bertz CT molecular complexity index is 950. The Kier molecular flexibility index (Phi) is 4.30. The van der Waals surface area contributed by atoms with Crippen LogP contribution in [0.5, 0.6) is 0 Å². The maximum Gasteiger partial charge on any atom is 0.416 e. The first-order valence-electron chi connectivity index (χ1n) is 7.00. The molecule has 3 nitrogen and oxygen atoms in total. The number of hydrogen-bond acceptors (Lipinski definition) is 4. The molecule has 2 N–H and O–H groups in total. The van der Waals surface area contributed by atoms with Crippen molar-refractivity contribution in [1.29, 1.82) is 0 Å². The number of nitrogens with zero attached hydrogens (tertiary/aromatic N) is 1. The van der Waals surface area contributed by atoms with E-state index in [1.807, 2.05) is 0 Å². The molecule has 128 valence electrons. The van der Waals surface area contributed by atoms with Gasteiger partial charge < -0.3 is 5.73 Å². The fourth-order valence-electron chi connectivity index (χ4n) is 2.29. The van der Waals surface area contributed by atoms with Crippen molar-refractivity contribution in [3.8, 4) is 11.3 Å². The molecule has 8 heteroatoms. The first-order chi connectivity index (χ1) is 11.8. The molecule has 0 aliphatic rings. The predicted octanol–water partition coefficient (Wildman–Crippen LogP) is 4.78. The highest BCUT2D eigenvalue weighted by molar-refractivity contribution is 7.18. The number of alkyl halides is 3. The maximum absolute atomic E-state index is 13.3. The first kappa shape index (κ1) is 17.1. The van der Waals surface area contributed by atoms with Gasteiger partial charge in [0, 0.05) is 11.1 Å². The first-order valence-corrected chi connectivity index (χ1v) is 7.81. The molecule has 25 heavy (non-hydrogen) atoms. The number of nitrogens with two attached hydrogens (primary N) is 1. The highest BCUT2D eigenvalue weighted by Crippen LogP contribution is 2.35. The highest BCUT2D eigenvalue weighted by Gasteiger charge is 2.31. The van der Waals surface area contributed by atoms with Gasteiger partial charge in [-0.25, -0.2) is 9.37 Å². The van der Waals surface area contributed by atoms with Gasteiger partial charge in [0.25, 0.3) is 0 Å². The molecule has 3 aromatic rings. The summed E-state index contributed by atoms with van der Waals surface area (Å²) >= 11 is 0.845. The Morgan fingerprint density at radius 2 is 1.80 bits per heavy atom. The molecule has 0 aliphatic heterocycles. The summed E-state index contributed by atoms with van der Waals surface area (Å²) in [5.41, 5.74) is 5.01. The van der Waals surface area contributed by atoms with Crippen LogP contribution in [-0.2, 0) is 6.18 Å². The molecule has 0 spiro atoms. The molecule has 2 aromatic carbocycles. The van der Waals surface area contributed by atoms with Crippen molar-refractivity contribution in [1.82, 2.24) is 4.98 Å². The van der Waals surface area contributed by atoms with Gasteiger partial charge in [-0.3, -0.25) is 4.79 Å². The topological polar surface area (TPSA) is 56.0 Å². The zero-order valence-corrected chi connectivity index (χ0v) is 13.3. The van der Waals surface area contributed by atoms with Crippen molar-refractivity contribution in [2.45, 2.75) is 6.18 Å². The third-order valence-electron chi connectivity index (χ3n) is 3.40. The lowest BCUT2D eigenvalue weighted by atomic mass is 10.0. The second-order valence-corrected chi connectivity index (χ2v) is 6.18. The molecule has 0 atom stereocenters. The van der Waals surface area contributed by atoms with Crippen molar-refractivity contribution in [3.05, 3.63) is 70.4 Å². The van der Waals surface area contributed by atoms with Crippen LogP contribution in [0, 0.1) is 5.82 Å². The highest BCUT2D eigenvalue weighted by atomic mass is 32.1. The van der Waals surface area contributed by atoms with Crippen LogP contribution in [0.15, 0.2) is 48.5 Å². The number of thiazole rings is 1. The monoisotopic (exact) mass is 366 g/mol. The molecule has 0 fully saturated rings. The average molecular weight is 366 g/mol. The Morgan fingerprint density at radius 3 is 2.48 bits per heavy atom. The molecular formula is C17H10F4N2OS. The third kappa shape index (κ3) is 3.53. The van der Waals surface area contributed by atoms with E-state index in [0.29, 0.717) is 0 Å². The molecule has 0 unspecified atom stereocenters. The lowest BCUT2D eigenvalue weighted by molar-refractivity contribution is -0.137. The van der Waals surface area contributed by atoms with Crippen molar-refractivity contribution >= 4 is 22.3 Å². The molecule has 0 bridgehead atoms. The number of halogens is 4. The van der Waals surface area contributed by atoms with Crippen molar-refractivity contribution < 1.29 is 22.4 Å². The van der Waals surface area contributed by atoms with Gasteiger partial charge in [-0.05, 0) is 24.3 Å². The maximum atomic E-state index is 13.3. The summed E-state index contributed by atoms with van der Waals surface area (Å²) in [6, 6.07) is 9.48. The van der Waals surface area contributed by atoms with Gasteiger partial charge >= 0.3 is 6.18 Å². The molecule has 1 heterocycles. The molecular weight excluding hydrogens is 356 g/mol. The van der Waals surface area contributed by atoms with Crippen LogP contribution in [0.4, 0.5) is 22.7 Å². The fraction of sp³-hybridized carbons (Fsp3) is 0.0588. The standard InChI is InChI=1S/C17H10F4N2OS/c18-12-6-2-4-10(8-12)14(24)15-13(23-16(22)25-15)9-3-1-5-11(7-9)17(19,20)21/h1-8H,(H2,22,23). The summed E-state index contributed by atoms with van der Waals surface area (Å²) in [5, 5.41) is 0.0344. The van der Waals surface area contributed by atoms with Gasteiger partial charge in [-0.15, -0.1) is 0 Å². The minimum absolute atomic E-state index is 0.0344. The van der Waals surface area contributed by atoms with E-state index in [2.05, 4.69) is 4.98 Å². The lowest BCUT2D eigenvalue weighted by Crippen LogP contribution is -2.05. The van der Waals surface area contributed by atoms with E-state index in [-0.39, 0.29) is 26.8 Å². The number of benzene rings is 2. The normalized spacial score (nSPS) is 11.5. The number of ketones is 1. The molecule has 0 radical (unpaired) electrons. The number of anilines is 1. The van der Waals surface area contributed by atoms with Gasteiger partial charge in [0.15, 0.2) is 5.13 Å². The van der Waals surface area contributed by atoms with Crippen molar-refractivity contribution in [2.75, 3.05) is 5.73 Å². The SMILES string of the molecule is Nc1nc(-c2cccc(C(F)(F)F)c2)c(C(=O)c2cccc(F)c2)s1. The van der Waals surface area contributed by atoms with Gasteiger partial charge in [0.1, 0.15) is 10.7 Å². The number of nitrogen functional groups attached to an aromatic ring is 1. The van der Waals surface area contributed by atoms with Gasteiger partial charge in [0.05, 0.1) is 11.3 Å². The van der Waals surface area contributed by atoms with E-state index in [1.165, 1.54) is 30.3 Å². The van der Waals surface area contributed by atoms with Crippen molar-refractivity contribution in [3.63, 3.8) is 0 Å². The molecule has 0 saturated carbocycles. The van der Waals surface area contributed by atoms with E-state index < -0.39 is 23.3 Å². The Hall–Kier alpha value is -2.74. The number of carbonyl (C=O) groups excluding carboxylic acids is 1. The van der Waals surface area contributed by atoms with Crippen LogP contribution in [0.25, 0.3) is 11.3 Å². The van der Waals surface area contributed by atoms with Crippen LogP contribution < -0.4 is 5.73 Å². The second kappa shape index (κ2) is 6.29. The van der Waals surface area contributed by atoms with Crippen LogP contribution in [0.2, 0.25) is 0 Å². The quantitative estimate of drug-likeness (QED) is 0.536. The summed E-state index contributed by atoms with van der Waals surface area (Å²) in [4.78, 5) is 16.7. The van der Waals surface area contributed by atoms with E-state index in [9.17, 15) is 22.4 Å². The van der Waals surface area contributed by atoms with Gasteiger partial charge in [-0.1, -0.05) is 35.6 Å². The number of rotatable bonds is 3. The molecule has 3 rings (SSSR count). The fourth-order valence-corrected chi connectivity index (χ4v) is 3.11. The average Bonchev–Trinajstić information content (AvgIpc) is 2.95. The van der Waals surface area contributed by atoms with Gasteiger partial charge in [0.2, 0.25) is 5.78 Å². The third-order valence-corrected chi connectivity index (χ3v) is 4.28. The Morgan fingerprint density at radius 1 is 1.08 bits per heavy atom. The number of carbonyl (C=O) groups is 1. The molecule has 0 amide bonds. The Labute approximate surface area is 143 Å². The summed E-state index contributed by atoms with van der Waals surface area (Å²) in [6.07, 6.45) is -4.52. The van der Waals surface area contributed by atoms with Crippen LogP contribution in [0.3, 0.4) is 0 Å². The van der Waals surface area contributed by atoms with Crippen molar-refractivity contribution in [2.24, 2.45) is 0 Å². The molecule has 0 aliphatic carbocycles. The van der Waals surface area contributed by atoms with E-state index >= 15 is 0 Å². The summed E-state index contributed by atoms with van der Waals surface area (Å²) in [6.45, 7) is 0. The minimum Gasteiger partial charge on any atom is -0.375 e. The largest absolute Gasteiger partial charge is 0.416 e. The number of hydrogen-bond donors (Lipinski definition) is 1. The Balaban J connectivity index is 2.09. The van der Waals surface area contributed by atoms with E-state index in [0.717, 1.165) is 29.5 Å². The predicted molar refractivity (Wildman–Crippen MR) is 86.8 cm³/mol. The smallest absolute Gasteiger partial charge is 0.375 e. The van der Waals surface area contributed by atoms with Crippen LogP contribution in [-0.4, -0.2) is 10.8 Å². The second-order valence-electron chi connectivity index (χ2n) is 5.15. The summed E-state index contributed by atoms with van der Waals surface area (Å²) < 4.78 is 52.1. The lowest BCUT2D eigenvalue weighted by Gasteiger charge is -2.08. The summed E-state index contributed by atoms with van der Waals surface area (Å²) in [5.74, 6) is -1.15. The van der Waals surface area contributed by atoms with Crippen LogP contribution in [0.1, 0.15) is 20.8 Å².